The minimum atomic E-state index is -1.96. The van der Waals surface area contributed by atoms with Crippen LogP contribution in [0.15, 0.2) is 114 Å². The number of aromatic amines is 1. The molecule has 1 saturated heterocycles. The minimum absolute atomic E-state index is 0.314. The maximum Gasteiger partial charge on any atom is 0.345 e. The molecule has 226 valence electrons. The molecule has 0 bridgehead atoms. The van der Waals surface area contributed by atoms with Crippen molar-refractivity contribution < 1.29 is 14.4 Å². The lowest BCUT2D eigenvalue weighted by atomic mass is 9.52. The fourth-order valence-corrected chi connectivity index (χ4v) is 6.98. The standard InChI is InChI=1S/C36H24Cl2N4O4/c37-24-15-11-20(12-16-24)19-26-28(21-7-3-1-4-8-21)36(32(43)41-35(46)42-33(36)44)29(22-9-5-2-6-10-22)27-30(39-34(45)40-31(26)27)23-13-17-25(38)18-14-23/h1-19,28-29H,(H,39,40,45)(H2,41,42,43,44,46)/b26-19-. The van der Waals surface area contributed by atoms with Gasteiger partial charge in [-0.1, -0.05) is 108 Å². The number of urea groups is 1. The number of imide groups is 2. The van der Waals surface area contributed by atoms with E-state index in [9.17, 15) is 19.2 Å². The van der Waals surface area contributed by atoms with E-state index in [0.717, 1.165) is 0 Å². The lowest BCUT2D eigenvalue weighted by molar-refractivity contribution is -0.146. The van der Waals surface area contributed by atoms with E-state index in [0.29, 0.717) is 54.8 Å². The Kier molecular flexibility index (Phi) is 7.39. The second-order valence-corrected chi connectivity index (χ2v) is 12.0. The Bertz CT molecular complexity index is 2080. The number of H-pyrrole nitrogens is 1. The van der Waals surface area contributed by atoms with Gasteiger partial charge < -0.3 is 4.98 Å². The maximum absolute atomic E-state index is 14.6. The normalized spacial score (nSPS) is 19.4. The second kappa shape index (κ2) is 11.6. The molecule has 7 rings (SSSR count). The number of carbonyl (C=O) groups is 3. The number of amides is 4. The van der Waals surface area contributed by atoms with Crippen LogP contribution >= 0.6 is 23.2 Å². The van der Waals surface area contributed by atoms with Crippen LogP contribution in [0.4, 0.5) is 4.79 Å². The molecule has 2 atom stereocenters. The van der Waals surface area contributed by atoms with Gasteiger partial charge in [-0.3, -0.25) is 20.2 Å². The fraction of sp³-hybridized carbons (Fsp3) is 0.0833. The molecule has 1 fully saturated rings. The highest BCUT2D eigenvalue weighted by atomic mass is 35.5. The molecule has 2 aliphatic rings. The summed E-state index contributed by atoms with van der Waals surface area (Å²) < 4.78 is 0. The monoisotopic (exact) mass is 646 g/mol. The van der Waals surface area contributed by atoms with Crippen molar-refractivity contribution in [2.75, 3.05) is 0 Å². The summed E-state index contributed by atoms with van der Waals surface area (Å²) in [7, 11) is 0. The van der Waals surface area contributed by atoms with Crippen molar-refractivity contribution in [2.45, 2.75) is 11.8 Å². The average molecular weight is 648 g/mol. The van der Waals surface area contributed by atoms with Crippen LogP contribution in [0.2, 0.25) is 10.0 Å². The van der Waals surface area contributed by atoms with Gasteiger partial charge in [-0.15, -0.1) is 0 Å². The largest absolute Gasteiger partial charge is 0.345 e. The first-order chi connectivity index (χ1) is 22.3. The molecule has 3 N–H and O–H groups in total. The summed E-state index contributed by atoms with van der Waals surface area (Å²) in [5.74, 6) is -3.56. The van der Waals surface area contributed by atoms with Crippen LogP contribution in [0.25, 0.3) is 22.9 Å². The number of allylic oxidation sites excluding steroid dienone is 1. The molecule has 1 aromatic heterocycles. The molecular weight excluding hydrogens is 623 g/mol. The molecule has 1 aliphatic heterocycles. The van der Waals surface area contributed by atoms with Crippen LogP contribution in [0.1, 0.15) is 39.8 Å². The molecule has 4 aromatic carbocycles. The number of halogens is 2. The number of benzene rings is 4. The highest BCUT2D eigenvalue weighted by Crippen LogP contribution is 2.62. The van der Waals surface area contributed by atoms with Crippen LogP contribution in [0.3, 0.4) is 0 Å². The molecule has 5 aromatic rings. The van der Waals surface area contributed by atoms with E-state index in [2.05, 4.69) is 20.6 Å². The van der Waals surface area contributed by atoms with E-state index >= 15 is 0 Å². The van der Waals surface area contributed by atoms with E-state index in [4.69, 9.17) is 23.2 Å². The molecule has 2 heterocycles. The van der Waals surface area contributed by atoms with Crippen molar-refractivity contribution in [3.05, 3.63) is 158 Å². The first kappa shape index (κ1) is 29.4. The van der Waals surface area contributed by atoms with Crippen molar-refractivity contribution in [3.63, 3.8) is 0 Å². The first-order valence-corrected chi connectivity index (χ1v) is 15.2. The van der Waals surface area contributed by atoms with E-state index < -0.39 is 40.8 Å². The number of nitrogens with one attached hydrogen (secondary N) is 3. The van der Waals surface area contributed by atoms with Crippen molar-refractivity contribution >= 4 is 52.7 Å². The van der Waals surface area contributed by atoms with Gasteiger partial charge in [-0.25, -0.2) is 9.59 Å². The maximum atomic E-state index is 14.6. The van der Waals surface area contributed by atoms with Gasteiger partial charge in [0, 0.05) is 27.4 Å². The van der Waals surface area contributed by atoms with E-state index in [1.54, 1.807) is 48.5 Å². The molecular formula is C36H24Cl2N4O4. The summed E-state index contributed by atoms with van der Waals surface area (Å²) in [4.78, 5) is 62.8. The van der Waals surface area contributed by atoms with Gasteiger partial charge >= 0.3 is 11.7 Å². The predicted molar refractivity (Wildman–Crippen MR) is 176 cm³/mol. The lowest BCUT2D eigenvalue weighted by Gasteiger charge is -2.50. The van der Waals surface area contributed by atoms with Crippen LogP contribution in [0.5, 0.6) is 0 Å². The quantitative estimate of drug-likeness (QED) is 0.191. The highest BCUT2D eigenvalue weighted by molar-refractivity contribution is 6.31. The van der Waals surface area contributed by atoms with Crippen molar-refractivity contribution in [3.8, 4) is 11.3 Å². The smallest absolute Gasteiger partial charge is 0.305 e. The SMILES string of the molecule is O=C1NC(=O)C2(C(=O)N1)C(c1ccccc1)/C(=C/c1ccc(Cl)cc1)c1nc(=O)[nH]c(-c3ccc(Cl)cc3)c1C2c1ccccc1. The van der Waals surface area contributed by atoms with Crippen LogP contribution in [0, 0.1) is 5.41 Å². The summed E-state index contributed by atoms with van der Waals surface area (Å²) in [6.07, 6.45) is 1.81. The third-order valence-electron chi connectivity index (χ3n) is 8.55. The first-order valence-electron chi connectivity index (χ1n) is 14.4. The molecule has 1 aliphatic carbocycles. The fourth-order valence-electron chi connectivity index (χ4n) is 6.73. The third-order valence-corrected chi connectivity index (χ3v) is 9.05. The van der Waals surface area contributed by atoms with Gasteiger partial charge in [0.15, 0.2) is 5.41 Å². The molecule has 0 radical (unpaired) electrons. The summed E-state index contributed by atoms with van der Waals surface area (Å²) in [6, 6.07) is 31.2. The number of barbiturate groups is 1. The van der Waals surface area contributed by atoms with Gasteiger partial charge in [0.05, 0.1) is 11.4 Å². The zero-order valence-corrected chi connectivity index (χ0v) is 25.5. The zero-order valence-electron chi connectivity index (χ0n) is 24.0. The van der Waals surface area contributed by atoms with E-state index in [1.807, 2.05) is 66.7 Å². The van der Waals surface area contributed by atoms with Crippen molar-refractivity contribution in [2.24, 2.45) is 5.41 Å². The van der Waals surface area contributed by atoms with Gasteiger partial charge in [0.2, 0.25) is 11.8 Å². The van der Waals surface area contributed by atoms with Crippen LogP contribution < -0.4 is 16.3 Å². The number of hydrogen-bond donors (Lipinski definition) is 3. The van der Waals surface area contributed by atoms with Gasteiger partial charge in [0.1, 0.15) is 0 Å². The number of fused-ring (bicyclic) bond motifs is 1. The topological polar surface area (TPSA) is 121 Å². The number of carbonyl (C=O) groups excluding carboxylic acids is 3. The Morgan fingerprint density at radius 1 is 0.652 bits per heavy atom. The summed E-state index contributed by atoms with van der Waals surface area (Å²) in [6.45, 7) is 0. The van der Waals surface area contributed by atoms with Gasteiger partial charge in [0.25, 0.3) is 0 Å². The Morgan fingerprint density at radius 2 is 1.17 bits per heavy atom. The lowest BCUT2D eigenvalue weighted by Crippen LogP contribution is -2.67. The van der Waals surface area contributed by atoms with Crippen LogP contribution in [-0.4, -0.2) is 27.8 Å². The number of nitrogens with zero attached hydrogens (tertiary/aromatic N) is 1. The van der Waals surface area contributed by atoms with Crippen molar-refractivity contribution in [1.82, 2.24) is 20.6 Å². The molecule has 4 amide bonds. The predicted octanol–water partition coefficient (Wildman–Crippen LogP) is 6.57. The van der Waals surface area contributed by atoms with Gasteiger partial charge in [-0.2, -0.15) is 4.98 Å². The Morgan fingerprint density at radius 3 is 1.74 bits per heavy atom. The third kappa shape index (κ3) is 4.83. The zero-order chi connectivity index (χ0) is 32.0. The average Bonchev–Trinajstić information content (AvgIpc) is 3.05. The Balaban J connectivity index is 1.69. The highest BCUT2D eigenvalue weighted by Gasteiger charge is 2.65. The number of aromatic nitrogens is 2. The molecule has 46 heavy (non-hydrogen) atoms. The van der Waals surface area contributed by atoms with Crippen molar-refractivity contribution in [1.29, 1.82) is 0 Å². The molecule has 2 unspecified atom stereocenters. The Hall–Kier alpha value is -5.31. The Labute approximate surface area is 273 Å². The van der Waals surface area contributed by atoms with E-state index in [1.165, 1.54) is 0 Å². The summed E-state index contributed by atoms with van der Waals surface area (Å²) in [5.41, 5.74) is 1.51. The minimum Gasteiger partial charge on any atom is -0.305 e. The van der Waals surface area contributed by atoms with Crippen LogP contribution in [-0.2, 0) is 9.59 Å². The summed E-state index contributed by atoms with van der Waals surface area (Å²) in [5, 5.41) is 5.82. The molecule has 10 heteroatoms. The molecule has 0 saturated carbocycles. The molecule has 1 spiro atoms. The number of rotatable bonds is 4. The summed E-state index contributed by atoms with van der Waals surface area (Å²) >= 11 is 12.4. The van der Waals surface area contributed by atoms with E-state index in [-0.39, 0.29) is 0 Å². The molecule has 8 nitrogen and oxygen atoms in total. The van der Waals surface area contributed by atoms with Gasteiger partial charge in [-0.05, 0) is 58.2 Å². The second-order valence-electron chi connectivity index (χ2n) is 11.1. The number of hydrogen-bond acceptors (Lipinski definition) is 5.